The van der Waals surface area contributed by atoms with E-state index < -0.39 is 0 Å². The van der Waals surface area contributed by atoms with Crippen molar-refractivity contribution in [1.82, 2.24) is 15.1 Å². The van der Waals surface area contributed by atoms with Gasteiger partial charge in [0.2, 0.25) is 5.91 Å². The van der Waals surface area contributed by atoms with Crippen LogP contribution in [0.4, 0.5) is 5.69 Å². The monoisotopic (exact) mass is 264 g/mol. The molecule has 0 aromatic carbocycles. The number of anilines is 1. The Balaban J connectivity index is 2.17. The molecule has 1 aromatic rings. The van der Waals surface area contributed by atoms with E-state index in [0.29, 0.717) is 12.0 Å². The number of carbonyl (C=O) groups excluding carboxylic acids is 1. The first-order chi connectivity index (χ1) is 8.91. The predicted molar refractivity (Wildman–Crippen MR) is 76.2 cm³/mol. The Morgan fingerprint density at radius 3 is 2.58 bits per heavy atom. The maximum atomic E-state index is 12.3. The van der Waals surface area contributed by atoms with Crippen LogP contribution in [-0.4, -0.2) is 28.8 Å². The molecule has 0 bridgehead atoms. The zero-order chi connectivity index (χ0) is 14.2. The van der Waals surface area contributed by atoms with Gasteiger partial charge in [0.05, 0.1) is 23.0 Å². The number of nitrogens with one attached hydrogen (secondary N) is 2. The van der Waals surface area contributed by atoms with E-state index in [2.05, 4.69) is 36.5 Å². The number of rotatable bonds is 3. The topological polar surface area (TPSA) is 59.0 Å². The quantitative estimate of drug-likeness (QED) is 0.876. The molecule has 2 heterocycles. The number of hydrogen-bond donors (Lipinski definition) is 2. The Morgan fingerprint density at radius 2 is 2.11 bits per heavy atom. The first-order valence-corrected chi connectivity index (χ1v) is 6.99. The van der Waals surface area contributed by atoms with Crippen LogP contribution in [0.2, 0.25) is 0 Å². The molecule has 1 amide bonds. The van der Waals surface area contributed by atoms with E-state index in [9.17, 15) is 4.79 Å². The van der Waals surface area contributed by atoms with E-state index in [1.807, 2.05) is 18.5 Å². The minimum atomic E-state index is 0.0567. The van der Waals surface area contributed by atoms with Crippen LogP contribution in [0.15, 0.2) is 0 Å². The Bertz CT molecular complexity index is 478. The van der Waals surface area contributed by atoms with E-state index in [1.54, 1.807) is 0 Å². The fraction of sp³-hybridized carbons (Fsp3) is 0.714. The summed E-state index contributed by atoms with van der Waals surface area (Å²) in [7, 11) is 0. The summed E-state index contributed by atoms with van der Waals surface area (Å²) in [4.78, 5) is 12.3. The molecule has 1 aliphatic rings. The number of aryl methyl sites for hydroxylation is 1. The summed E-state index contributed by atoms with van der Waals surface area (Å²) >= 11 is 0. The van der Waals surface area contributed by atoms with Gasteiger partial charge in [-0.15, -0.1) is 0 Å². The zero-order valence-electron chi connectivity index (χ0n) is 12.4. The first kappa shape index (κ1) is 14.1. The van der Waals surface area contributed by atoms with Gasteiger partial charge in [0, 0.05) is 12.6 Å². The normalized spacial score (nSPS) is 23.1. The summed E-state index contributed by atoms with van der Waals surface area (Å²) in [6.45, 7) is 11.9. The Labute approximate surface area is 114 Å². The van der Waals surface area contributed by atoms with Crippen LogP contribution in [0.1, 0.15) is 38.2 Å². The molecule has 1 aromatic heterocycles. The van der Waals surface area contributed by atoms with Crippen molar-refractivity contribution < 1.29 is 4.79 Å². The van der Waals surface area contributed by atoms with Crippen molar-refractivity contribution in [1.29, 1.82) is 0 Å². The van der Waals surface area contributed by atoms with Crippen molar-refractivity contribution in [3.63, 3.8) is 0 Å². The predicted octanol–water partition coefficient (Wildman–Crippen LogP) is 1.87. The minimum absolute atomic E-state index is 0.0567. The average Bonchev–Trinajstić information content (AvgIpc) is 2.87. The highest BCUT2D eigenvalue weighted by molar-refractivity contribution is 5.94. The maximum absolute atomic E-state index is 12.3. The number of amides is 1. The smallest absolute Gasteiger partial charge is 0.229 e. The van der Waals surface area contributed by atoms with Gasteiger partial charge in [-0.1, -0.05) is 6.92 Å². The van der Waals surface area contributed by atoms with E-state index in [4.69, 9.17) is 0 Å². The highest BCUT2D eigenvalue weighted by atomic mass is 16.2. The van der Waals surface area contributed by atoms with Crippen molar-refractivity contribution in [2.45, 2.75) is 40.7 Å². The molecule has 0 aliphatic carbocycles. The number of hydrogen-bond acceptors (Lipinski definition) is 3. The highest BCUT2D eigenvalue weighted by Crippen LogP contribution is 2.24. The standard InChI is InChI=1S/C14H24N4O/c1-8(2)18-11(5)13(10(4)17-18)16-14(19)12-7-15-6-9(12)3/h8-9,12,15H,6-7H2,1-5H3,(H,16,19). The third-order valence-corrected chi connectivity index (χ3v) is 3.92. The van der Waals surface area contributed by atoms with Crippen molar-refractivity contribution in [3.05, 3.63) is 11.4 Å². The van der Waals surface area contributed by atoms with Gasteiger partial charge in [0.1, 0.15) is 0 Å². The van der Waals surface area contributed by atoms with Gasteiger partial charge in [0.25, 0.3) is 0 Å². The SMILES string of the molecule is Cc1nn(C(C)C)c(C)c1NC(=O)C1CNCC1C. The maximum Gasteiger partial charge on any atom is 0.229 e. The fourth-order valence-corrected chi connectivity index (χ4v) is 2.72. The lowest BCUT2D eigenvalue weighted by Crippen LogP contribution is -2.28. The van der Waals surface area contributed by atoms with Crippen molar-refractivity contribution >= 4 is 11.6 Å². The second-order valence-electron chi connectivity index (χ2n) is 5.82. The molecule has 5 heteroatoms. The van der Waals surface area contributed by atoms with E-state index in [0.717, 1.165) is 30.2 Å². The molecule has 1 saturated heterocycles. The van der Waals surface area contributed by atoms with Crippen molar-refractivity contribution in [2.24, 2.45) is 11.8 Å². The molecular formula is C14H24N4O. The van der Waals surface area contributed by atoms with Crippen LogP contribution in [0, 0.1) is 25.7 Å². The van der Waals surface area contributed by atoms with E-state index in [1.165, 1.54) is 0 Å². The van der Waals surface area contributed by atoms with Crippen LogP contribution >= 0.6 is 0 Å². The highest BCUT2D eigenvalue weighted by Gasteiger charge is 2.30. The Morgan fingerprint density at radius 1 is 1.42 bits per heavy atom. The Kier molecular flexibility index (Phi) is 3.94. The summed E-state index contributed by atoms with van der Waals surface area (Å²) in [5.41, 5.74) is 2.79. The molecule has 0 spiro atoms. The lowest BCUT2D eigenvalue weighted by Gasteiger charge is -2.15. The molecule has 106 valence electrons. The summed E-state index contributed by atoms with van der Waals surface area (Å²) in [6.07, 6.45) is 0. The second kappa shape index (κ2) is 5.33. The first-order valence-electron chi connectivity index (χ1n) is 6.99. The van der Waals surface area contributed by atoms with E-state index in [-0.39, 0.29) is 11.8 Å². The lowest BCUT2D eigenvalue weighted by molar-refractivity contribution is -0.120. The summed E-state index contributed by atoms with van der Waals surface area (Å²) in [6, 6.07) is 0.302. The van der Waals surface area contributed by atoms with Crippen LogP contribution < -0.4 is 10.6 Å². The lowest BCUT2D eigenvalue weighted by atomic mass is 9.97. The molecule has 1 aliphatic heterocycles. The molecule has 2 atom stereocenters. The van der Waals surface area contributed by atoms with Crippen molar-refractivity contribution in [3.8, 4) is 0 Å². The molecule has 2 N–H and O–H groups in total. The molecule has 5 nitrogen and oxygen atoms in total. The average molecular weight is 264 g/mol. The van der Waals surface area contributed by atoms with Crippen LogP contribution in [0.25, 0.3) is 0 Å². The van der Waals surface area contributed by atoms with E-state index >= 15 is 0 Å². The largest absolute Gasteiger partial charge is 0.323 e. The summed E-state index contributed by atoms with van der Waals surface area (Å²) in [5.74, 6) is 0.550. The molecular weight excluding hydrogens is 240 g/mol. The molecule has 19 heavy (non-hydrogen) atoms. The van der Waals surface area contributed by atoms with Gasteiger partial charge in [0.15, 0.2) is 0 Å². The molecule has 1 fully saturated rings. The van der Waals surface area contributed by atoms with Gasteiger partial charge in [-0.3, -0.25) is 9.48 Å². The van der Waals surface area contributed by atoms with Gasteiger partial charge in [-0.2, -0.15) is 5.10 Å². The van der Waals surface area contributed by atoms with Gasteiger partial charge in [-0.05, 0) is 40.2 Å². The molecule has 0 radical (unpaired) electrons. The number of nitrogens with zero attached hydrogens (tertiary/aromatic N) is 2. The second-order valence-corrected chi connectivity index (χ2v) is 5.82. The van der Waals surface area contributed by atoms with Gasteiger partial charge in [-0.25, -0.2) is 0 Å². The summed E-state index contributed by atoms with van der Waals surface area (Å²) in [5, 5.41) is 10.8. The van der Waals surface area contributed by atoms with Crippen LogP contribution in [0.5, 0.6) is 0 Å². The minimum Gasteiger partial charge on any atom is -0.323 e. The number of carbonyl (C=O) groups is 1. The zero-order valence-corrected chi connectivity index (χ0v) is 12.4. The summed E-state index contributed by atoms with van der Waals surface area (Å²) < 4.78 is 1.96. The molecule has 0 saturated carbocycles. The Hall–Kier alpha value is -1.36. The van der Waals surface area contributed by atoms with Gasteiger partial charge < -0.3 is 10.6 Å². The van der Waals surface area contributed by atoms with Crippen LogP contribution in [-0.2, 0) is 4.79 Å². The van der Waals surface area contributed by atoms with Gasteiger partial charge >= 0.3 is 0 Å². The third kappa shape index (κ3) is 2.66. The van der Waals surface area contributed by atoms with Crippen LogP contribution in [0.3, 0.4) is 0 Å². The van der Waals surface area contributed by atoms with Crippen molar-refractivity contribution in [2.75, 3.05) is 18.4 Å². The fourth-order valence-electron chi connectivity index (χ4n) is 2.72. The third-order valence-electron chi connectivity index (χ3n) is 3.92. The number of aromatic nitrogens is 2. The molecule has 2 unspecified atom stereocenters. The molecule has 2 rings (SSSR count).